The van der Waals surface area contributed by atoms with E-state index in [0.29, 0.717) is 13.1 Å². The third kappa shape index (κ3) is 4.41. The number of pyridine rings is 1. The van der Waals surface area contributed by atoms with Crippen molar-refractivity contribution in [1.82, 2.24) is 15.2 Å². The zero-order valence-corrected chi connectivity index (χ0v) is 21.3. The maximum absolute atomic E-state index is 14.5. The quantitative estimate of drug-likeness (QED) is 0.549. The Balaban J connectivity index is 1.45. The summed E-state index contributed by atoms with van der Waals surface area (Å²) in [7, 11) is 1.05. The van der Waals surface area contributed by atoms with Gasteiger partial charge in [0, 0.05) is 54.5 Å². The van der Waals surface area contributed by atoms with Gasteiger partial charge in [-0.15, -0.1) is 0 Å². The van der Waals surface area contributed by atoms with Gasteiger partial charge in [-0.25, -0.2) is 4.39 Å². The van der Waals surface area contributed by atoms with E-state index in [-0.39, 0.29) is 34.9 Å². The van der Waals surface area contributed by atoms with Crippen molar-refractivity contribution in [2.45, 2.75) is 56.2 Å². The number of anilines is 1. The first-order valence-corrected chi connectivity index (χ1v) is 12.4. The van der Waals surface area contributed by atoms with Gasteiger partial charge in [0.25, 0.3) is 11.8 Å². The van der Waals surface area contributed by atoms with Crippen LogP contribution in [0.1, 0.15) is 42.2 Å². The second-order valence-electron chi connectivity index (χ2n) is 10.3. The molecule has 8 nitrogen and oxygen atoms in total. The Morgan fingerprint density at radius 1 is 1.21 bits per heavy atom. The zero-order chi connectivity index (χ0) is 28.3. The van der Waals surface area contributed by atoms with Crippen LogP contribution in [0.15, 0.2) is 30.5 Å². The molecule has 3 fully saturated rings. The topological polar surface area (TPSA) is 92.8 Å². The lowest BCUT2D eigenvalue weighted by Crippen LogP contribution is -2.69. The number of piperazine rings is 1. The number of hydrogen-bond acceptors (Lipinski definition) is 6. The van der Waals surface area contributed by atoms with Gasteiger partial charge < -0.3 is 25.0 Å². The first-order valence-electron chi connectivity index (χ1n) is 12.4. The van der Waals surface area contributed by atoms with Crippen molar-refractivity contribution in [2.75, 3.05) is 25.5 Å². The SMILES string of the molecule is COc1c([C@H]2[C@H](C(=O)Nc3ccnc(C(=O)N4C5CNCC4C5)c3)O[C@@](C)(C(F)(F)F)[C@H]2C)ccc(F)c1F. The summed E-state index contributed by atoms with van der Waals surface area (Å²) in [5, 5.41) is 5.74. The van der Waals surface area contributed by atoms with Crippen molar-refractivity contribution in [2.24, 2.45) is 5.92 Å². The standard InChI is InChI=1S/C26H27F5N4O4/c1-12-19(16-4-5-17(27)20(28)21(16)38-3)22(39-25(12,2)26(29,30)31)23(36)34-13-6-7-33-18(8-13)24(37)35-14-9-15(35)11-32-10-14/h4-8,12,14-15,19,22,32H,9-11H2,1-3H3,(H,33,34,36)/t12-,14?,15?,19-,22+,25+/m0/s1. The van der Waals surface area contributed by atoms with E-state index >= 15 is 0 Å². The molecule has 3 aliphatic rings. The van der Waals surface area contributed by atoms with Gasteiger partial charge in [-0.3, -0.25) is 14.6 Å². The number of hydrogen-bond donors (Lipinski definition) is 2. The Morgan fingerprint density at radius 3 is 2.51 bits per heavy atom. The number of alkyl halides is 3. The molecule has 2 amide bonds. The van der Waals surface area contributed by atoms with Gasteiger partial charge >= 0.3 is 6.18 Å². The number of aromatic nitrogens is 1. The number of nitrogens with one attached hydrogen (secondary N) is 2. The van der Waals surface area contributed by atoms with E-state index in [4.69, 9.17) is 9.47 Å². The lowest BCUT2D eigenvalue weighted by Gasteiger charge is -2.52. The number of rotatable bonds is 5. The fourth-order valence-electron chi connectivity index (χ4n) is 5.82. The predicted octanol–water partition coefficient (Wildman–Crippen LogP) is 3.63. The maximum Gasteiger partial charge on any atom is 0.417 e. The van der Waals surface area contributed by atoms with Crippen LogP contribution >= 0.6 is 0 Å². The second-order valence-corrected chi connectivity index (χ2v) is 10.3. The van der Waals surface area contributed by atoms with Crippen molar-refractivity contribution >= 4 is 17.5 Å². The molecule has 1 aromatic heterocycles. The van der Waals surface area contributed by atoms with Gasteiger partial charge in [-0.05, 0) is 31.5 Å². The molecule has 3 aliphatic heterocycles. The van der Waals surface area contributed by atoms with Gasteiger partial charge in [0.2, 0.25) is 5.82 Å². The molecule has 13 heteroatoms. The Bertz CT molecular complexity index is 1290. The highest BCUT2D eigenvalue weighted by atomic mass is 19.4. The number of fused-ring (bicyclic) bond motifs is 2. The van der Waals surface area contributed by atoms with E-state index in [0.717, 1.165) is 32.6 Å². The molecule has 0 aliphatic carbocycles. The fraction of sp³-hybridized carbons (Fsp3) is 0.500. The summed E-state index contributed by atoms with van der Waals surface area (Å²) in [4.78, 5) is 32.3. The van der Waals surface area contributed by atoms with Crippen LogP contribution in [0.2, 0.25) is 0 Å². The van der Waals surface area contributed by atoms with E-state index < -0.39 is 53.0 Å². The molecule has 4 heterocycles. The number of methoxy groups -OCH3 is 1. The molecule has 210 valence electrons. The number of carbonyl (C=O) groups is 2. The molecule has 0 radical (unpaired) electrons. The molecule has 0 saturated carbocycles. The summed E-state index contributed by atoms with van der Waals surface area (Å²) < 4.78 is 81.3. The minimum Gasteiger partial charge on any atom is -0.493 e. The van der Waals surface area contributed by atoms with Gasteiger partial charge in [0.1, 0.15) is 11.8 Å². The smallest absolute Gasteiger partial charge is 0.417 e. The number of carbonyl (C=O) groups excluding carboxylic acids is 2. The number of amides is 2. The molecule has 0 spiro atoms. The fourth-order valence-corrected chi connectivity index (χ4v) is 5.82. The molecule has 6 atom stereocenters. The summed E-state index contributed by atoms with van der Waals surface area (Å²) >= 11 is 0. The van der Waals surface area contributed by atoms with Crippen molar-refractivity contribution in [1.29, 1.82) is 0 Å². The Labute approximate surface area is 220 Å². The number of piperidine rings is 1. The minimum atomic E-state index is -4.88. The summed E-state index contributed by atoms with van der Waals surface area (Å²) in [6.07, 6.45) is -4.44. The Morgan fingerprint density at radius 2 is 1.90 bits per heavy atom. The van der Waals surface area contributed by atoms with Gasteiger partial charge in [-0.2, -0.15) is 17.6 Å². The van der Waals surface area contributed by atoms with E-state index in [1.807, 2.05) is 0 Å². The van der Waals surface area contributed by atoms with Gasteiger partial charge in [0.15, 0.2) is 17.2 Å². The van der Waals surface area contributed by atoms with Crippen molar-refractivity contribution < 1.29 is 41.0 Å². The van der Waals surface area contributed by atoms with Crippen molar-refractivity contribution in [3.05, 3.63) is 53.4 Å². The second kappa shape index (κ2) is 9.70. The van der Waals surface area contributed by atoms with Crippen LogP contribution in [0, 0.1) is 17.6 Å². The van der Waals surface area contributed by atoms with Crippen LogP contribution in [0.4, 0.5) is 27.6 Å². The Hall–Kier alpha value is -3.32. The third-order valence-corrected chi connectivity index (χ3v) is 8.14. The molecule has 2 unspecified atom stereocenters. The monoisotopic (exact) mass is 554 g/mol. The first kappa shape index (κ1) is 27.3. The molecule has 1 aromatic carbocycles. The molecule has 3 saturated heterocycles. The van der Waals surface area contributed by atoms with E-state index in [1.54, 1.807) is 4.90 Å². The highest BCUT2D eigenvalue weighted by molar-refractivity contribution is 5.98. The lowest BCUT2D eigenvalue weighted by atomic mass is 9.77. The van der Waals surface area contributed by atoms with Crippen LogP contribution in [-0.2, 0) is 9.53 Å². The van der Waals surface area contributed by atoms with Crippen molar-refractivity contribution in [3.8, 4) is 5.75 Å². The molecular weight excluding hydrogens is 527 g/mol. The normalized spacial score (nSPS) is 30.1. The first-order chi connectivity index (χ1) is 18.4. The summed E-state index contributed by atoms with van der Waals surface area (Å²) in [5.41, 5.74) is -2.72. The molecule has 2 bridgehead atoms. The summed E-state index contributed by atoms with van der Waals surface area (Å²) in [6, 6.07) is 4.69. The molecule has 2 aromatic rings. The number of ether oxygens (including phenoxy) is 2. The average Bonchev–Trinajstić information content (AvgIpc) is 3.17. The van der Waals surface area contributed by atoms with E-state index in [2.05, 4.69) is 15.6 Å². The van der Waals surface area contributed by atoms with Crippen LogP contribution in [-0.4, -0.2) is 71.9 Å². The molecular formula is C26H27F5N4O4. The summed E-state index contributed by atoms with van der Waals surface area (Å²) in [5.74, 6) is -7.25. The molecule has 39 heavy (non-hydrogen) atoms. The highest BCUT2D eigenvalue weighted by Crippen LogP contribution is 2.55. The van der Waals surface area contributed by atoms with Crippen LogP contribution < -0.4 is 15.4 Å². The summed E-state index contributed by atoms with van der Waals surface area (Å²) in [6.45, 7) is 3.38. The van der Waals surface area contributed by atoms with Crippen LogP contribution in [0.25, 0.3) is 0 Å². The molecule has 5 rings (SSSR count). The number of halogens is 5. The van der Waals surface area contributed by atoms with E-state index in [9.17, 15) is 31.5 Å². The van der Waals surface area contributed by atoms with Gasteiger partial charge in [0.05, 0.1) is 7.11 Å². The van der Waals surface area contributed by atoms with Gasteiger partial charge in [-0.1, -0.05) is 13.0 Å². The average molecular weight is 555 g/mol. The largest absolute Gasteiger partial charge is 0.493 e. The zero-order valence-electron chi connectivity index (χ0n) is 21.3. The third-order valence-electron chi connectivity index (χ3n) is 8.14. The number of nitrogens with zero attached hydrogens (tertiary/aromatic N) is 2. The maximum atomic E-state index is 14.5. The predicted molar refractivity (Wildman–Crippen MR) is 128 cm³/mol. The van der Waals surface area contributed by atoms with Crippen LogP contribution in [0.5, 0.6) is 5.75 Å². The molecule has 2 N–H and O–H groups in total. The van der Waals surface area contributed by atoms with E-state index in [1.165, 1.54) is 25.3 Å². The van der Waals surface area contributed by atoms with Crippen LogP contribution in [0.3, 0.4) is 0 Å². The highest BCUT2D eigenvalue weighted by Gasteiger charge is 2.66. The minimum absolute atomic E-state index is 0.0524. The number of benzene rings is 1. The lowest BCUT2D eigenvalue weighted by molar-refractivity contribution is -0.272. The Kier molecular flexibility index (Phi) is 6.78. The van der Waals surface area contributed by atoms with Crippen molar-refractivity contribution in [3.63, 3.8) is 0 Å².